The van der Waals surface area contributed by atoms with Crippen LogP contribution in [0.2, 0.25) is 5.02 Å². The van der Waals surface area contributed by atoms with E-state index in [1.807, 2.05) is 6.92 Å². The van der Waals surface area contributed by atoms with Crippen molar-refractivity contribution in [2.45, 2.75) is 32.2 Å². The molecule has 0 bridgehead atoms. The van der Waals surface area contributed by atoms with Crippen LogP contribution in [0, 0.1) is 20.8 Å². The number of aromatic hydroxyl groups is 1. The van der Waals surface area contributed by atoms with Crippen molar-refractivity contribution in [3.05, 3.63) is 93.5 Å². The first-order valence-electron chi connectivity index (χ1n) is 10.5. The number of phenolic OH excluding ortho intramolecular Hbond substituents is 1. The zero-order valence-corrected chi connectivity index (χ0v) is 20.7. The van der Waals surface area contributed by atoms with E-state index in [4.69, 9.17) is 11.6 Å². The van der Waals surface area contributed by atoms with Gasteiger partial charge in [-0.2, -0.15) is 9.41 Å². The SMILES string of the molecule is Cc1cc(C)c(S(=O)(=O)N(CC(=O)N/N=C/c2ccccc2O)Cc2ccc(Cl)cc2)c(C)c1. The number of carbonyl (C=O) groups is 1. The molecule has 9 heteroatoms. The van der Waals surface area contributed by atoms with E-state index >= 15 is 0 Å². The number of benzene rings is 3. The van der Waals surface area contributed by atoms with Crippen molar-refractivity contribution < 1.29 is 18.3 Å². The summed E-state index contributed by atoms with van der Waals surface area (Å²) in [7, 11) is -4.02. The molecule has 0 saturated heterocycles. The van der Waals surface area contributed by atoms with Crippen LogP contribution in [0.5, 0.6) is 5.75 Å². The van der Waals surface area contributed by atoms with Gasteiger partial charge in [-0.25, -0.2) is 13.8 Å². The number of halogens is 1. The topological polar surface area (TPSA) is 99.1 Å². The van der Waals surface area contributed by atoms with Crippen molar-refractivity contribution in [2.75, 3.05) is 6.54 Å². The highest BCUT2D eigenvalue weighted by Crippen LogP contribution is 2.26. The number of nitrogens with zero attached hydrogens (tertiary/aromatic N) is 2. The molecular formula is C25H26ClN3O4S. The molecule has 7 nitrogen and oxygen atoms in total. The van der Waals surface area contributed by atoms with Gasteiger partial charge in [0.05, 0.1) is 17.7 Å². The third-order valence-corrected chi connectivity index (χ3v) is 7.47. The second-order valence-corrected chi connectivity index (χ2v) is 10.3. The molecule has 0 atom stereocenters. The molecule has 3 aromatic rings. The predicted molar refractivity (Wildman–Crippen MR) is 134 cm³/mol. The first kappa shape index (κ1) is 25.4. The maximum absolute atomic E-state index is 13.7. The van der Waals surface area contributed by atoms with Crippen LogP contribution < -0.4 is 5.43 Å². The number of phenols is 1. The summed E-state index contributed by atoms with van der Waals surface area (Å²) in [4.78, 5) is 12.8. The minimum absolute atomic E-state index is 0.0118. The highest BCUT2D eigenvalue weighted by Gasteiger charge is 2.30. The Morgan fingerprint density at radius 1 is 1.06 bits per heavy atom. The van der Waals surface area contributed by atoms with E-state index in [0.29, 0.717) is 27.3 Å². The Kier molecular flexibility index (Phi) is 8.09. The van der Waals surface area contributed by atoms with Crippen LogP contribution in [0.4, 0.5) is 0 Å². The summed E-state index contributed by atoms with van der Waals surface area (Å²) in [5.41, 5.74) is 5.60. The number of hydrogen-bond donors (Lipinski definition) is 2. The number of amides is 1. The van der Waals surface area contributed by atoms with Gasteiger partial charge in [0.2, 0.25) is 10.0 Å². The molecule has 1 amide bonds. The van der Waals surface area contributed by atoms with Crippen LogP contribution in [0.1, 0.15) is 27.8 Å². The first-order valence-corrected chi connectivity index (χ1v) is 12.3. The molecule has 0 aliphatic rings. The van der Waals surface area contributed by atoms with Gasteiger partial charge in [0.15, 0.2) is 0 Å². The van der Waals surface area contributed by atoms with E-state index < -0.39 is 22.5 Å². The van der Waals surface area contributed by atoms with Crippen LogP contribution in [-0.2, 0) is 21.4 Å². The van der Waals surface area contributed by atoms with Crippen molar-refractivity contribution in [1.29, 1.82) is 0 Å². The quantitative estimate of drug-likeness (QED) is 0.356. The molecule has 34 heavy (non-hydrogen) atoms. The second-order valence-electron chi connectivity index (χ2n) is 7.98. The number of hydrogen-bond acceptors (Lipinski definition) is 5. The average Bonchev–Trinajstić information content (AvgIpc) is 2.75. The number of sulfonamides is 1. The third kappa shape index (κ3) is 6.22. The second kappa shape index (κ2) is 10.8. The van der Waals surface area contributed by atoms with E-state index in [2.05, 4.69) is 10.5 Å². The first-order chi connectivity index (χ1) is 16.1. The number of carbonyl (C=O) groups excluding carboxylic acids is 1. The highest BCUT2D eigenvalue weighted by molar-refractivity contribution is 7.89. The summed E-state index contributed by atoms with van der Waals surface area (Å²) in [5.74, 6) is -0.607. The molecule has 0 aliphatic heterocycles. The number of hydrazone groups is 1. The van der Waals surface area contributed by atoms with Crippen LogP contribution in [0.25, 0.3) is 0 Å². The van der Waals surface area contributed by atoms with Crippen molar-refractivity contribution in [2.24, 2.45) is 5.10 Å². The highest BCUT2D eigenvalue weighted by atomic mass is 35.5. The van der Waals surface area contributed by atoms with Gasteiger partial charge >= 0.3 is 0 Å². The normalized spacial score (nSPS) is 11.8. The fourth-order valence-corrected chi connectivity index (χ4v) is 5.61. The number of aryl methyl sites for hydroxylation is 3. The van der Waals surface area contributed by atoms with Gasteiger partial charge in [0.1, 0.15) is 5.75 Å². The summed E-state index contributed by atoms with van der Waals surface area (Å²) in [6, 6.07) is 16.9. The average molecular weight is 500 g/mol. The lowest BCUT2D eigenvalue weighted by molar-refractivity contribution is -0.121. The Morgan fingerprint density at radius 2 is 1.68 bits per heavy atom. The molecule has 178 valence electrons. The van der Waals surface area contributed by atoms with E-state index in [-0.39, 0.29) is 17.2 Å². The van der Waals surface area contributed by atoms with Crippen molar-refractivity contribution >= 4 is 33.7 Å². The Bertz CT molecular complexity index is 1300. The van der Waals surface area contributed by atoms with Gasteiger partial charge in [-0.3, -0.25) is 4.79 Å². The maximum Gasteiger partial charge on any atom is 0.255 e. The molecule has 0 unspecified atom stereocenters. The molecule has 0 aliphatic carbocycles. The lowest BCUT2D eigenvalue weighted by Gasteiger charge is -2.24. The van der Waals surface area contributed by atoms with Crippen LogP contribution in [0.3, 0.4) is 0 Å². The summed E-state index contributed by atoms with van der Waals surface area (Å²) < 4.78 is 28.5. The number of para-hydroxylation sites is 1. The molecule has 0 saturated carbocycles. The van der Waals surface area contributed by atoms with Crippen molar-refractivity contribution in [3.63, 3.8) is 0 Å². The fraction of sp³-hybridized carbons (Fsp3) is 0.200. The lowest BCUT2D eigenvalue weighted by Crippen LogP contribution is -2.39. The van der Waals surface area contributed by atoms with Crippen molar-refractivity contribution in [3.8, 4) is 5.75 Å². The fourth-order valence-electron chi connectivity index (χ4n) is 3.69. The monoisotopic (exact) mass is 499 g/mol. The minimum atomic E-state index is -4.02. The molecular weight excluding hydrogens is 474 g/mol. The Morgan fingerprint density at radius 3 is 2.29 bits per heavy atom. The van der Waals surface area contributed by atoms with E-state index in [1.165, 1.54) is 12.3 Å². The molecule has 0 aromatic heterocycles. The number of nitrogens with one attached hydrogen (secondary N) is 1. The Labute approximate surface area is 204 Å². The van der Waals surface area contributed by atoms with E-state index in [1.54, 1.807) is 68.4 Å². The maximum atomic E-state index is 13.7. The Hall–Kier alpha value is -3.20. The predicted octanol–water partition coefficient (Wildman–Crippen LogP) is 4.31. The van der Waals surface area contributed by atoms with Gasteiger partial charge in [-0.05, 0) is 61.7 Å². The van der Waals surface area contributed by atoms with Gasteiger partial charge in [-0.15, -0.1) is 0 Å². The summed E-state index contributed by atoms with van der Waals surface area (Å²) in [6.45, 7) is 4.91. The van der Waals surface area contributed by atoms with Gasteiger partial charge < -0.3 is 5.11 Å². The van der Waals surface area contributed by atoms with Crippen molar-refractivity contribution in [1.82, 2.24) is 9.73 Å². The number of rotatable bonds is 8. The Balaban J connectivity index is 1.88. The molecule has 0 radical (unpaired) electrons. The molecule has 0 fully saturated rings. The summed E-state index contributed by atoms with van der Waals surface area (Å²) in [5, 5.41) is 14.2. The molecule has 2 N–H and O–H groups in total. The standard InChI is InChI=1S/C25H26ClN3O4S/c1-17-12-18(2)25(19(3)13-17)34(32,33)29(15-20-8-10-22(26)11-9-20)16-24(31)28-27-14-21-6-4-5-7-23(21)30/h4-14,30H,15-16H2,1-3H3,(H,28,31)/b27-14+. The zero-order valence-electron chi connectivity index (χ0n) is 19.1. The smallest absolute Gasteiger partial charge is 0.255 e. The summed E-state index contributed by atoms with van der Waals surface area (Å²) >= 11 is 5.96. The van der Waals surface area contributed by atoms with Gasteiger partial charge in [0.25, 0.3) is 5.91 Å². The molecule has 0 heterocycles. The van der Waals surface area contributed by atoms with Gasteiger partial charge in [-0.1, -0.05) is 53.6 Å². The molecule has 3 rings (SSSR count). The lowest BCUT2D eigenvalue weighted by atomic mass is 10.1. The largest absolute Gasteiger partial charge is 0.507 e. The van der Waals surface area contributed by atoms with Crippen LogP contribution in [-0.4, -0.2) is 36.5 Å². The van der Waals surface area contributed by atoms with Gasteiger partial charge in [0, 0.05) is 17.1 Å². The minimum Gasteiger partial charge on any atom is -0.507 e. The van der Waals surface area contributed by atoms with E-state index in [9.17, 15) is 18.3 Å². The summed E-state index contributed by atoms with van der Waals surface area (Å²) in [6.07, 6.45) is 1.29. The van der Waals surface area contributed by atoms with Crippen LogP contribution in [0.15, 0.2) is 70.7 Å². The third-order valence-electron chi connectivity index (χ3n) is 5.12. The molecule has 3 aromatic carbocycles. The molecule has 0 spiro atoms. The van der Waals surface area contributed by atoms with Crippen LogP contribution >= 0.6 is 11.6 Å². The zero-order chi connectivity index (χ0) is 24.9. The van der Waals surface area contributed by atoms with E-state index in [0.717, 1.165) is 9.87 Å².